The molecule has 1 aliphatic carbocycles. The standard InChI is InChI=1S/C11H17.CH4.CH3/c1-4-9-7-10(5-2)11(6-3)8-9;;/h4-5,9-11H,1-3,6-8H2;1H4;1H3/q+1;;-1. The van der Waals surface area contributed by atoms with Crippen molar-refractivity contribution in [1.82, 2.24) is 0 Å². The minimum absolute atomic E-state index is 0. The Labute approximate surface area is 84.7 Å². The number of hydrogen-bond donors (Lipinski definition) is 0. The van der Waals surface area contributed by atoms with Gasteiger partial charge in [-0.05, 0) is 24.7 Å². The molecule has 1 saturated carbocycles. The van der Waals surface area contributed by atoms with Gasteiger partial charge < -0.3 is 7.43 Å². The molecule has 0 spiro atoms. The number of rotatable bonds is 3. The van der Waals surface area contributed by atoms with Crippen molar-refractivity contribution in [2.24, 2.45) is 17.8 Å². The maximum atomic E-state index is 3.95. The van der Waals surface area contributed by atoms with E-state index in [-0.39, 0.29) is 14.9 Å². The SMILES string of the molecule is C.C=CC1CC(C=C)C(C[CH2+])C1.[CH3-]. The highest BCUT2D eigenvalue weighted by molar-refractivity contribution is 4.97. The van der Waals surface area contributed by atoms with Crippen LogP contribution in [-0.4, -0.2) is 0 Å². The van der Waals surface area contributed by atoms with Crippen molar-refractivity contribution in [2.75, 3.05) is 0 Å². The van der Waals surface area contributed by atoms with Crippen molar-refractivity contribution in [3.8, 4) is 0 Å². The Morgan fingerprint density at radius 3 is 2.15 bits per heavy atom. The lowest BCUT2D eigenvalue weighted by atomic mass is 9.94. The molecule has 3 unspecified atom stereocenters. The van der Waals surface area contributed by atoms with Crippen molar-refractivity contribution in [1.29, 1.82) is 0 Å². The van der Waals surface area contributed by atoms with Crippen molar-refractivity contribution < 1.29 is 0 Å². The summed E-state index contributed by atoms with van der Waals surface area (Å²) in [4.78, 5) is 0. The Hall–Kier alpha value is -0.650. The van der Waals surface area contributed by atoms with Crippen LogP contribution in [0.4, 0.5) is 0 Å². The van der Waals surface area contributed by atoms with E-state index in [1.165, 1.54) is 12.8 Å². The molecule has 0 radical (unpaired) electrons. The molecule has 1 rings (SSSR count). The van der Waals surface area contributed by atoms with Crippen LogP contribution < -0.4 is 0 Å². The van der Waals surface area contributed by atoms with Crippen molar-refractivity contribution in [3.63, 3.8) is 0 Å². The van der Waals surface area contributed by atoms with Gasteiger partial charge in [-0.3, -0.25) is 0 Å². The molecule has 0 saturated heterocycles. The van der Waals surface area contributed by atoms with Crippen LogP contribution in [0.25, 0.3) is 0 Å². The van der Waals surface area contributed by atoms with Crippen LogP contribution in [-0.2, 0) is 0 Å². The van der Waals surface area contributed by atoms with Crippen LogP contribution in [0.2, 0.25) is 0 Å². The fourth-order valence-electron chi connectivity index (χ4n) is 2.01. The third-order valence-electron chi connectivity index (χ3n) is 2.79. The summed E-state index contributed by atoms with van der Waals surface area (Å²) >= 11 is 0. The highest BCUT2D eigenvalue weighted by Crippen LogP contribution is 2.39. The first-order valence-electron chi connectivity index (χ1n) is 4.36. The van der Waals surface area contributed by atoms with Crippen LogP contribution in [0, 0.1) is 32.1 Å². The summed E-state index contributed by atoms with van der Waals surface area (Å²) < 4.78 is 0. The van der Waals surface area contributed by atoms with Gasteiger partial charge in [-0.1, -0.05) is 19.6 Å². The first-order chi connectivity index (χ1) is 5.31. The lowest BCUT2D eigenvalue weighted by Crippen LogP contribution is -2.02. The highest BCUT2D eigenvalue weighted by Gasteiger charge is 2.30. The van der Waals surface area contributed by atoms with Gasteiger partial charge in [-0.15, -0.1) is 13.2 Å². The Balaban J connectivity index is 0. The third-order valence-corrected chi connectivity index (χ3v) is 2.79. The Morgan fingerprint density at radius 2 is 1.85 bits per heavy atom. The molecule has 0 amide bonds. The van der Waals surface area contributed by atoms with Crippen LogP contribution in [0.5, 0.6) is 0 Å². The first kappa shape index (κ1) is 14.9. The molecule has 3 atom stereocenters. The van der Waals surface area contributed by atoms with Crippen LogP contribution >= 0.6 is 0 Å². The van der Waals surface area contributed by atoms with Gasteiger partial charge in [0, 0.05) is 5.92 Å². The number of allylic oxidation sites excluding steroid dienone is 2. The second-order valence-electron chi connectivity index (χ2n) is 3.42. The summed E-state index contributed by atoms with van der Waals surface area (Å²) in [5.41, 5.74) is 0. The second-order valence-corrected chi connectivity index (χ2v) is 3.42. The van der Waals surface area contributed by atoms with Crippen LogP contribution in [0.15, 0.2) is 25.3 Å². The van der Waals surface area contributed by atoms with Gasteiger partial charge in [0.1, 0.15) is 0 Å². The Bertz CT molecular complexity index is 146. The molecule has 0 aliphatic heterocycles. The van der Waals surface area contributed by atoms with E-state index in [1.54, 1.807) is 0 Å². The molecule has 0 heteroatoms. The fraction of sp³-hybridized carbons (Fsp3) is 0.538. The normalized spacial score (nSPS) is 31.2. The van der Waals surface area contributed by atoms with Crippen LogP contribution in [0.1, 0.15) is 26.7 Å². The first-order valence-corrected chi connectivity index (χ1v) is 4.36. The molecule has 0 N–H and O–H groups in total. The molecule has 1 fully saturated rings. The van der Waals surface area contributed by atoms with E-state index in [1.807, 2.05) is 0 Å². The number of hydrogen-bond acceptors (Lipinski definition) is 0. The van der Waals surface area contributed by atoms with E-state index in [2.05, 4.69) is 32.2 Å². The second kappa shape index (κ2) is 6.82. The van der Waals surface area contributed by atoms with Gasteiger partial charge >= 0.3 is 0 Å². The minimum atomic E-state index is 0. The summed E-state index contributed by atoms with van der Waals surface area (Å²) in [7, 11) is 0. The average molecular weight is 180 g/mol. The minimum Gasteiger partial charge on any atom is -0.358 e. The van der Waals surface area contributed by atoms with Gasteiger partial charge in [-0.2, -0.15) is 0 Å². The fourth-order valence-corrected chi connectivity index (χ4v) is 2.01. The molecular formula is C13H24. The quantitative estimate of drug-likeness (QED) is 0.448. The van der Waals surface area contributed by atoms with Gasteiger partial charge in [0.15, 0.2) is 0 Å². The molecule has 0 aromatic rings. The molecule has 0 nitrogen and oxygen atoms in total. The van der Waals surface area contributed by atoms with E-state index in [9.17, 15) is 0 Å². The predicted octanol–water partition coefficient (Wildman–Crippen LogP) is 4.31. The van der Waals surface area contributed by atoms with Gasteiger partial charge in [0.2, 0.25) is 0 Å². The Kier molecular flexibility index (Phi) is 7.79. The monoisotopic (exact) mass is 180 g/mol. The summed E-state index contributed by atoms with van der Waals surface area (Å²) in [6, 6.07) is 0. The maximum absolute atomic E-state index is 3.95. The average Bonchev–Trinajstić information content (AvgIpc) is 2.46. The van der Waals surface area contributed by atoms with E-state index >= 15 is 0 Å². The molecule has 0 bridgehead atoms. The third kappa shape index (κ3) is 3.30. The summed E-state index contributed by atoms with van der Waals surface area (Å²) in [5.74, 6) is 2.16. The summed E-state index contributed by atoms with van der Waals surface area (Å²) in [6.45, 7) is 11.6. The lowest BCUT2D eigenvalue weighted by Gasteiger charge is -2.08. The molecule has 13 heavy (non-hydrogen) atoms. The van der Waals surface area contributed by atoms with Crippen LogP contribution in [0.3, 0.4) is 0 Å². The Morgan fingerprint density at radius 1 is 1.23 bits per heavy atom. The molecule has 0 aromatic heterocycles. The zero-order valence-electron chi connectivity index (χ0n) is 8.13. The van der Waals surface area contributed by atoms with E-state index < -0.39 is 0 Å². The maximum Gasteiger partial charge on any atom is 0.0884 e. The van der Waals surface area contributed by atoms with Crippen molar-refractivity contribution in [2.45, 2.75) is 26.7 Å². The van der Waals surface area contributed by atoms with E-state index in [0.29, 0.717) is 11.8 Å². The van der Waals surface area contributed by atoms with Gasteiger partial charge in [0.05, 0.1) is 13.3 Å². The summed E-state index contributed by atoms with van der Waals surface area (Å²) in [6.07, 6.45) is 7.71. The smallest absolute Gasteiger partial charge is 0.0884 e. The van der Waals surface area contributed by atoms with Gasteiger partial charge in [-0.25, -0.2) is 0 Å². The largest absolute Gasteiger partial charge is 0.358 e. The molecular weight excluding hydrogens is 156 g/mol. The zero-order chi connectivity index (χ0) is 8.27. The van der Waals surface area contributed by atoms with Gasteiger partial charge in [0.25, 0.3) is 0 Å². The lowest BCUT2D eigenvalue weighted by molar-refractivity contribution is 0.462. The highest BCUT2D eigenvalue weighted by atomic mass is 14.3. The van der Waals surface area contributed by atoms with Crippen molar-refractivity contribution in [3.05, 3.63) is 39.7 Å². The van der Waals surface area contributed by atoms with Crippen molar-refractivity contribution >= 4 is 0 Å². The topological polar surface area (TPSA) is 0 Å². The van der Waals surface area contributed by atoms with E-state index in [4.69, 9.17) is 0 Å². The van der Waals surface area contributed by atoms with E-state index in [0.717, 1.165) is 12.3 Å². The molecule has 0 heterocycles. The zero-order valence-corrected chi connectivity index (χ0v) is 8.13. The summed E-state index contributed by atoms with van der Waals surface area (Å²) in [5, 5.41) is 0. The molecule has 76 valence electrons. The molecule has 1 aliphatic rings. The molecule has 0 aromatic carbocycles. The predicted molar refractivity (Wildman–Crippen MR) is 63.2 cm³/mol.